The molecular weight excluding hydrogens is 234 g/mol. The molecule has 0 fully saturated rings. The molecule has 0 spiro atoms. The highest BCUT2D eigenvalue weighted by Crippen LogP contribution is 2.14. The van der Waals surface area contributed by atoms with Crippen LogP contribution < -0.4 is 5.73 Å². The Morgan fingerprint density at radius 3 is 2.21 bits per heavy atom. The van der Waals surface area contributed by atoms with Crippen molar-refractivity contribution >= 4 is 0 Å². The van der Waals surface area contributed by atoms with Gasteiger partial charge in [-0.1, -0.05) is 29.8 Å². The molecular formula is C16H29N3. The standard InChI is InChI=1S/C16H29N3/c1-14-6-8-15(9-7-14)16(17)10-13-19(4)12-5-11-18(2)3/h6-9,16H,5,10-13,17H2,1-4H3. The van der Waals surface area contributed by atoms with Crippen LogP contribution in [0.4, 0.5) is 0 Å². The second kappa shape index (κ2) is 8.31. The van der Waals surface area contributed by atoms with Crippen molar-refractivity contribution in [2.75, 3.05) is 40.8 Å². The number of nitrogens with two attached hydrogens (primary N) is 1. The van der Waals surface area contributed by atoms with Gasteiger partial charge in [-0.3, -0.25) is 0 Å². The number of nitrogens with zero attached hydrogens (tertiary/aromatic N) is 2. The van der Waals surface area contributed by atoms with Gasteiger partial charge in [0, 0.05) is 6.04 Å². The van der Waals surface area contributed by atoms with Gasteiger partial charge in [-0.2, -0.15) is 0 Å². The molecule has 1 unspecified atom stereocenters. The Morgan fingerprint density at radius 2 is 1.63 bits per heavy atom. The van der Waals surface area contributed by atoms with Crippen molar-refractivity contribution in [1.29, 1.82) is 0 Å². The first-order valence-electron chi connectivity index (χ1n) is 7.14. The van der Waals surface area contributed by atoms with E-state index in [0.717, 1.165) is 26.1 Å². The maximum absolute atomic E-state index is 6.24. The molecule has 0 aliphatic rings. The molecule has 0 radical (unpaired) electrons. The predicted molar refractivity (Wildman–Crippen MR) is 83.4 cm³/mol. The van der Waals surface area contributed by atoms with E-state index in [1.807, 2.05) is 0 Å². The first kappa shape index (κ1) is 16.2. The van der Waals surface area contributed by atoms with Crippen molar-refractivity contribution < 1.29 is 0 Å². The molecule has 0 amide bonds. The average molecular weight is 263 g/mol. The zero-order chi connectivity index (χ0) is 14.3. The number of hydrogen-bond donors (Lipinski definition) is 1. The maximum Gasteiger partial charge on any atom is 0.0307 e. The molecule has 2 N–H and O–H groups in total. The molecule has 0 aliphatic heterocycles. The fourth-order valence-electron chi connectivity index (χ4n) is 2.11. The van der Waals surface area contributed by atoms with Crippen molar-refractivity contribution in [1.82, 2.24) is 9.80 Å². The van der Waals surface area contributed by atoms with E-state index in [4.69, 9.17) is 5.73 Å². The number of hydrogen-bond acceptors (Lipinski definition) is 3. The largest absolute Gasteiger partial charge is 0.324 e. The van der Waals surface area contributed by atoms with E-state index in [2.05, 4.69) is 62.1 Å². The number of benzene rings is 1. The molecule has 1 aromatic carbocycles. The van der Waals surface area contributed by atoms with Gasteiger partial charge in [0.15, 0.2) is 0 Å². The summed E-state index contributed by atoms with van der Waals surface area (Å²) in [5.41, 5.74) is 8.77. The summed E-state index contributed by atoms with van der Waals surface area (Å²) in [4.78, 5) is 4.60. The lowest BCUT2D eigenvalue weighted by Crippen LogP contribution is -2.27. The Hall–Kier alpha value is -0.900. The highest BCUT2D eigenvalue weighted by molar-refractivity contribution is 5.23. The van der Waals surface area contributed by atoms with Crippen LogP contribution in [0.3, 0.4) is 0 Å². The van der Waals surface area contributed by atoms with Gasteiger partial charge < -0.3 is 15.5 Å². The smallest absolute Gasteiger partial charge is 0.0307 e. The van der Waals surface area contributed by atoms with Crippen molar-refractivity contribution in [3.05, 3.63) is 35.4 Å². The number of rotatable bonds is 8. The van der Waals surface area contributed by atoms with Crippen molar-refractivity contribution in [3.63, 3.8) is 0 Å². The zero-order valence-electron chi connectivity index (χ0n) is 12.9. The fraction of sp³-hybridized carbons (Fsp3) is 0.625. The molecule has 0 heterocycles. The van der Waals surface area contributed by atoms with E-state index in [1.165, 1.54) is 17.5 Å². The van der Waals surface area contributed by atoms with Gasteiger partial charge in [0.1, 0.15) is 0 Å². The second-order valence-electron chi connectivity index (χ2n) is 5.77. The lowest BCUT2D eigenvalue weighted by Gasteiger charge is -2.20. The molecule has 3 heteroatoms. The molecule has 1 aromatic rings. The van der Waals surface area contributed by atoms with Crippen molar-refractivity contribution in [2.45, 2.75) is 25.8 Å². The molecule has 0 bridgehead atoms. The minimum atomic E-state index is 0.150. The van der Waals surface area contributed by atoms with E-state index >= 15 is 0 Å². The van der Waals surface area contributed by atoms with Crippen LogP contribution in [0.1, 0.15) is 30.0 Å². The van der Waals surface area contributed by atoms with Crippen LogP contribution in [-0.4, -0.2) is 50.6 Å². The summed E-state index contributed by atoms with van der Waals surface area (Å²) in [6.07, 6.45) is 2.23. The third kappa shape index (κ3) is 6.71. The highest BCUT2D eigenvalue weighted by Gasteiger charge is 2.07. The maximum atomic E-state index is 6.24. The first-order chi connectivity index (χ1) is 8.99. The van der Waals surface area contributed by atoms with Gasteiger partial charge in [-0.25, -0.2) is 0 Å². The van der Waals surface area contributed by atoms with Crippen molar-refractivity contribution in [2.24, 2.45) is 5.73 Å². The van der Waals surface area contributed by atoms with E-state index < -0.39 is 0 Å². The van der Waals surface area contributed by atoms with Crippen LogP contribution in [0.5, 0.6) is 0 Å². The van der Waals surface area contributed by atoms with E-state index in [0.29, 0.717) is 0 Å². The summed E-state index contributed by atoms with van der Waals surface area (Å²) < 4.78 is 0. The van der Waals surface area contributed by atoms with Crippen LogP contribution in [0.15, 0.2) is 24.3 Å². The SMILES string of the molecule is Cc1ccc(C(N)CCN(C)CCCN(C)C)cc1. The Balaban J connectivity index is 2.25. The average Bonchev–Trinajstić information content (AvgIpc) is 2.36. The monoisotopic (exact) mass is 263 g/mol. The Labute approximate surface area is 118 Å². The van der Waals surface area contributed by atoms with Gasteiger partial charge in [-0.15, -0.1) is 0 Å². The molecule has 19 heavy (non-hydrogen) atoms. The minimum Gasteiger partial charge on any atom is -0.324 e. The predicted octanol–water partition coefficient (Wildman–Crippen LogP) is 2.27. The van der Waals surface area contributed by atoms with E-state index in [9.17, 15) is 0 Å². The molecule has 0 aliphatic carbocycles. The molecule has 108 valence electrons. The topological polar surface area (TPSA) is 32.5 Å². The summed E-state index contributed by atoms with van der Waals surface area (Å²) in [5, 5.41) is 0. The van der Waals surface area contributed by atoms with E-state index in [1.54, 1.807) is 0 Å². The summed E-state index contributed by atoms with van der Waals surface area (Å²) >= 11 is 0. The van der Waals surface area contributed by atoms with E-state index in [-0.39, 0.29) is 6.04 Å². The van der Waals surface area contributed by atoms with Crippen LogP contribution in [0.25, 0.3) is 0 Å². The van der Waals surface area contributed by atoms with Crippen LogP contribution in [0, 0.1) is 6.92 Å². The van der Waals surface area contributed by atoms with Crippen molar-refractivity contribution in [3.8, 4) is 0 Å². The third-order valence-electron chi connectivity index (χ3n) is 3.47. The van der Waals surface area contributed by atoms with Crippen LogP contribution in [0.2, 0.25) is 0 Å². The lowest BCUT2D eigenvalue weighted by atomic mass is 10.0. The van der Waals surface area contributed by atoms with Crippen LogP contribution in [-0.2, 0) is 0 Å². The second-order valence-corrected chi connectivity index (χ2v) is 5.77. The number of aryl methyl sites for hydroxylation is 1. The third-order valence-corrected chi connectivity index (χ3v) is 3.47. The first-order valence-corrected chi connectivity index (χ1v) is 7.14. The molecule has 0 saturated heterocycles. The van der Waals surface area contributed by atoms with Gasteiger partial charge in [0.25, 0.3) is 0 Å². The van der Waals surface area contributed by atoms with Gasteiger partial charge >= 0.3 is 0 Å². The van der Waals surface area contributed by atoms with Gasteiger partial charge in [-0.05, 0) is 66.1 Å². The molecule has 1 rings (SSSR count). The summed E-state index contributed by atoms with van der Waals surface area (Å²) in [7, 11) is 6.41. The zero-order valence-corrected chi connectivity index (χ0v) is 12.9. The Kier molecular flexibility index (Phi) is 7.06. The highest BCUT2D eigenvalue weighted by atomic mass is 15.1. The lowest BCUT2D eigenvalue weighted by molar-refractivity contribution is 0.291. The fourth-order valence-corrected chi connectivity index (χ4v) is 2.11. The van der Waals surface area contributed by atoms with Gasteiger partial charge in [0.05, 0.1) is 0 Å². The van der Waals surface area contributed by atoms with Crippen LogP contribution >= 0.6 is 0 Å². The van der Waals surface area contributed by atoms with Gasteiger partial charge in [0.2, 0.25) is 0 Å². The minimum absolute atomic E-state index is 0.150. The molecule has 0 saturated carbocycles. The summed E-state index contributed by atoms with van der Waals surface area (Å²) in [5.74, 6) is 0. The Morgan fingerprint density at radius 1 is 1.00 bits per heavy atom. The summed E-state index contributed by atoms with van der Waals surface area (Å²) in [6.45, 7) is 5.45. The summed E-state index contributed by atoms with van der Waals surface area (Å²) in [6, 6.07) is 8.71. The molecule has 1 atom stereocenters. The molecule has 3 nitrogen and oxygen atoms in total. The quantitative estimate of drug-likeness (QED) is 0.781. The Bertz CT molecular complexity index is 346. The normalized spacial score (nSPS) is 13.2. The molecule has 0 aromatic heterocycles.